The van der Waals surface area contributed by atoms with Crippen molar-refractivity contribution in [3.05, 3.63) is 46.6 Å². The molecule has 11 nitrogen and oxygen atoms in total. The monoisotopic (exact) mass is 521 g/mol. The molecule has 0 bridgehead atoms. The molecule has 202 valence electrons. The Morgan fingerprint density at radius 2 is 1.84 bits per heavy atom. The zero-order valence-electron chi connectivity index (χ0n) is 21.7. The van der Waals surface area contributed by atoms with Gasteiger partial charge in [0.25, 0.3) is 5.56 Å². The van der Waals surface area contributed by atoms with Crippen molar-refractivity contribution in [1.29, 1.82) is 0 Å². The zero-order valence-corrected chi connectivity index (χ0v) is 21.7. The maximum absolute atomic E-state index is 12.8. The smallest absolute Gasteiger partial charge is 0.262 e. The maximum atomic E-state index is 12.8. The first-order valence-corrected chi connectivity index (χ1v) is 13.6. The second-order valence-electron chi connectivity index (χ2n) is 10.6. The van der Waals surface area contributed by atoms with Gasteiger partial charge in [0.15, 0.2) is 5.65 Å². The summed E-state index contributed by atoms with van der Waals surface area (Å²) in [7, 11) is 0. The summed E-state index contributed by atoms with van der Waals surface area (Å²) >= 11 is 0. The number of likely N-dealkylation sites (tertiary alicyclic amines) is 1. The van der Waals surface area contributed by atoms with Crippen molar-refractivity contribution in [3.8, 4) is 5.75 Å². The number of amides is 1. The maximum Gasteiger partial charge on any atom is 0.262 e. The normalized spacial score (nSPS) is 20.9. The fraction of sp³-hybridized carbons (Fsp3) is 0.556. The molecule has 0 radical (unpaired) electrons. The number of fused-ring (bicyclic) bond motifs is 1. The van der Waals surface area contributed by atoms with Gasteiger partial charge in [-0.15, -0.1) is 0 Å². The van der Waals surface area contributed by atoms with Gasteiger partial charge in [0.2, 0.25) is 5.91 Å². The molecular weight excluding hydrogens is 486 g/mol. The lowest BCUT2D eigenvalue weighted by Gasteiger charge is -2.42. The largest absolute Gasteiger partial charge is 0.488 e. The Hall–Kier alpha value is -3.44. The van der Waals surface area contributed by atoms with E-state index in [1.807, 2.05) is 16.8 Å². The Bertz CT molecular complexity index is 1330. The van der Waals surface area contributed by atoms with Crippen molar-refractivity contribution in [2.24, 2.45) is 11.7 Å². The lowest BCUT2D eigenvalue weighted by molar-refractivity contribution is -0.122. The third-order valence-electron chi connectivity index (χ3n) is 8.24. The van der Waals surface area contributed by atoms with E-state index in [2.05, 4.69) is 38.9 Å². The fourth-order valence-electron chi connectivity index (χ4n) is 5.73. The van der Waals surface area contributed by atoms with Crippen LogP contribution in [0.2, 0.25) is 0 Å². The predicted octanol–water partition coefficient (Wildman–Crippen LogP) is 2.00. The summed E-state index contributed by atoms with van der Waals surface area (Å²) in [5.74, 6) is 1.29. The van der Waals surface area contributed by atoms with Crippen molar-refractivity contribution < 1.29 is 14.3 Å². The van der Waals surface area contributed by atoms with Crippen molar-refractivity contribution >= 4 is 22.6 Å². The average molecular weight is 522 g/mol. The number of hydrogen-bond donors (Lipinski definition) is 2. The first-order chi connectivity index (χ1) is 18.5. The predicted molar refractivity (Wildman–Crippen MR) is 142 cm³/mol. The van der Waals surface area contributed by atoms with Crippen LogP contribution in [0.3, 0.4) is 0 Å². The number of hydrogen-bond acceptors (Lipinski definition) is 8. The minimum absolute atomic E-state index is 0.0121. The lowest BCUT2D eigenvalue weighted by Crippen LogP contribution is -2.54. The molecule has 3 aromatic rings. The molecular formula is C27H35N7O4. The molecule has 3 saturated heterocycles. The Labute approximate surface area is 220 Å². The van der Waals surface area contributed by atoms with Crippen LogP contribution in [0.5, 0.6) is 5.75 Å². The van der Waals surface area contributed by atoms with Crippen molar-refractivity contribution in [1.82, 2.24) is 24.6 Å². The number of piperidine rings is 1. The SMILES string of the molecule is CC(c1nc2c(cnn2C2CCOCC2)c(=O)[nH]1)N1CC(Oc2ccc(N3CCC(C(N)=O)CC3)cc2)C1. The van der Waals surface area contributed by atoms with Gasteiger partial charge in [0.1, 0.15) is 23.1 Å². The number of rotatable bonds is 7. The second-order valence-corrected chi connectivity index (χ2v) is 10.6. The molecule has 3 N–H and O–H groups in total. The van der Waals surface area contributed by atoms with Crippen LogP contribution in [-0.2, 0) is 9.53 Å². The van der Waals surface area contributed by atoms with Gasteiger partial charge < -0.3 is 25.1 Å². The molecule has 1 amide bonds. The molecule has 3 aliphatic rings. The van der Waals surface area contributed by atoms with Crippen LogP contribution in [0, 0.1) is 5.92 Å². The molecule has 3 aliphatic heterocycles. The van der Waals surface area contributed by atoms with E-state index in [4.69, 9.17) is 20.2 Å². The van der Waals surface area contributed by atoms with Crippen LogP contribution in [0.1, 0.15) is 50.5 Å². The number of carbonyl (C=O) groups is 1. The summed E-state index contributed by atoms with van der Waals surface area (Å²) in [6.07, 6.45) is 5.04. The highest BCUT2D eigenvalue weighted by Gasteiger charge is 2.34. The number of anilines is 1. The van der Waals surface area contributed by atoms with Gasteiger partial charge in [-0.05, 0) is 56.9 Å². The quantitative estimate of drug-likeness (QED) is 0.483. The van der Waals surface area contributed by atoms with Gasteiger partial charge in [-0.25, -0.2) is 9.67 Å². The van der Waals surface area contributed by atoms with Crippen molar-refractivity contribution in [3.63, 3.8) is 0 Å². The molecule has 38 heavy (non-hydrogen) atoms. The van der Waals surface area contributed by atoms with E-state index in [0.29, 0.717) is 30.1 Å². The molecule has 1 aromatic carbocycles. The molecule has 1 atom stereocenters. The Morgan fingerprint density at radius 3 is 2.53 bits per heavy atom. The molecule has 5 heterocycles. The van der Waals surface area contributed by atoms with Crippen LogP contribution >= 0.6 is 0 Å². The van der Waals surface area contributed by atoms with E-state index < -0.39 is 0 Å². The molecule has 0 saturated carbocycles. The van der Waals surface area contributed by atoms with Crippen molar-refractivity contribution in [2.75, 3.05) is 44.3 Å². The topological polar surface area (TPSA) is 132 Å². The zero-order chi connectivity index (χ0) is 26.2. The third kappa shape index (κ3) is 4.88. The lowest BCUT2D eigenvalue weighted by atomic mass is 9.96. The van der Waals surface area contributed by atoms with Gasteiger partial charge in [-0.1, -0.05) is 0 Å². The molecule has 2 aromatic heterocycles. The molecule has 1 unspecified atom stereocenters. The van der Waals surface area contributed by atoms with Crippen molar-refractivity contribution in [2.45, 2.75) is 50.8 Å². The van der Waals surface area contributed by atoms with Gasteiger partial charge in [-0.3, -0.25) is 14.5 Å². The minimum Gasteiger partial charge on any atom is -0.488 e. The second kappa shape index (κ2) is 10.4. The van der Waals surface area contributed by atoms with Gasteiger partial charge in [-0.2, -0.15) is 5.10 Å². The number of carbonyl (C=O) groups excluding carboxylic acids is 1. The van der Waals surface area contributed by atoms with E-state index in [9.17, 15) is 9.59 Å². The first-order valence-electron chi connectivity index (χ1n) is 13.6. The number of aromatic amines is 1. The molecule has 6 rings (SSSR count). The van der Waals surface area contributed by atoms with E-state index in [1.165, 1.54) is 0 Å². The Kier molecular flexibility index (Phi) is 6.79. The number of nitrogens with zero attached hydrogens (tertiary/aromatic N) is 5. The highest BCUT2D eigenvalue weighted by atomic mass is 16.5. The standard InChI is InChI=1S/C27H35N7O4/c1-17(25-30-26-23(27(36)31-25)14-29-34(26)20-8-12-37-13-9-20)33-15-22(16-33)38-21-4-2-19(3-5-21)32-10-6-18(7-11-32)24(28)35/h2-5,14,17-18,20,22H,6-13,15-16H2,1H3,(H2,28,35)(H,30,31,36). The van der Waals surface area contributed by atoms with Gasteiger partial charge in [0, 0.05) is 51.0 Å². The van der Waals surface area contributed by atoms with E-state index in [-0.39, 0.29) is 35.6 Å². The number of nitrogens with one attached hydrogen (secondary N) is 1. The summed E-state index contributed by atoms with van der Waals surface area (Å²) in [6, 6.07) is 8.32. The number of benzene rings is 1. The number of aromatic nitrogens is 4. The minimum atomic E-state index is -0.193. The van der Waals surface area contributed by atoms with Crippen LogP contribution in [0.25, 0.3) is 11.0 Å². The highest BCUT2D eigenvalue weighted by Crippen LogP contribution is 2.29. The summed E-state index contributed by atoms with van der Waals surface area (Å²) < 4.78 is 13.6. The summed E-state index contributed by atoms with van der Waals surface area (Å²) in [5.41, 5.74) is 7.08. The number of primary amides is 1. The summed E-state index contributed by atoms with van der Waals surface area (Å²) in [5, 5.41) is 5.01. The number of nitrogens with two attached hydrogens (primary N) is 1. The first kappa shape index (κ1) is 24.9. The fourth-order valence-corrected chi connectivity index (χ4v) is 5.73. The third-order valence-corrected chi connectivity index (χ3v) is 8.24. The molecule has 3 fully saturated rings. The Balaban J connectivity index is 1.05. The molecule has 0 spiro atoms. The van der Waals surface area contributed by atoms with Crippen LogP contribution in [0.4, 0.5) is 5.69 Å². The molecule has 11 heteroatoms. The van der Waals surface area contributed by atoms with Crippen LogP contribution in [-0.4, -0.2) is 76.1 Å². The van der Waals surface area contributed by atoms with Crippen LogP contribution < -0.4 is 20.9 Å². The van der Waals surface area contributed by atoms with Crippen LogP contribution in [0.15, 0.2) is 35.3 Å². The van der Waals surface area contributed by atoms with Gasteiger partial charge >= 0.3 is 0 Å². The summed E-state index contributed by atoms with van der Waals surface area (Å²) in [4.78, 5) is 36.5. The van der Waals surface area contributed by atoms with E-state index >= 15 is 0 Å². The average Bonchev–Trinajstić information content (AvgIpc) is 3.36. The number of H-pyrrole nitrogens is 1. The summed E-state index contributed by atoms with van der Waals surface area (Å²) in [6.45, 7) is 6.64. The highest BCUT2D eigenvalue weighted by molar-refractivity contribution is 5.77. The van der Waals surface area contributed by atoms with E-state index in [0.717, 1.165) is 63.3 Å². The van der Waals surface area contributed by atoms with Gasteiger partial charge in [0.05, 0.1) is 18.3 Å². The number of ether oxygens (including phenoxy) is 2. The Morgan fingerprint density at radius 1 is 1.13 bits per heavy atom. The van der Waals surface area contributed by atoms with E-state index in [1.54, 1.807) is 6.20 Å². The molecule has 0 aliphatic carbocycles.